The van der Waals surface area contributed by atoms with Crippen molar-refractivity contribution in [1.82, 2.24) is 20.4 Å². The molecule has 2 aromatic rings. The molecule has 2 aromatic heterocycles. The van der Waals surface area contributed by atoms with Crippen LogP contribution < -0.4 is 5.32 Å². The maximum atomic E-state index is 10.2. The Labute approximate surface area is 143 Å². The number of β-amino-alcohol motifs (C(OH)–C–C–N with tert-alkyl or cyclic N) is 1. The van der Waals surface area contributed by atoms with Crippen LogP contribution in [0.25, 0.3) is 11.5 Å². The molecule has 0 bridgehead atoms. The van der Waals surface area contributed by atoms with E-state index in [0.29, 0.717) is 13.1 Å². The van der Waals surface area contributed by atoms with Crippen LogP contribution >= 0.6 is 0 Å². The highest BCUT2D eigenvalue weighted by molar-refractivity contribution is 5.56. The highest BCUT2D eigenvalue weighted by atomic mass is 16.3. The lowest BCUT2D eigenvalue weighted by Crippen LogP contribution is -2.41. The van der Waals surface area contributed by atoms with Gasteiger partial charge in [-0.3, -0.25) is 5.10 Å². The molecule has 24 heavy (non-hydrogen) atoms. The summed E-state index contributed by atoms with van der Waals surface area (Å²) < 4.78 is 5.65. The summed E-state index contributed by atoms with van der Waals surface area (Å²) in [6, 6.07) is 3.88. The molecule has 0 aromatic carbocycles. The van der Waals surface area contributed by atoms with Gasteiger partial charge in [-0.25, -0.2) is 0 Å². The number of hydrogen-bond donors (Lipinski definition) is 3. The molecule has 1 saturated heterocycles. The summed E-state index contributed by atoms with van der Waals surface area (Å²) in [6.45, 7) is 8.40. The maximum Gasteiger partial charge on any atom is 0.152 e. The van der Waals surface area contributed by atoms with Crippen LogP contribution in [-0.2, 0) is 6.54 Å². The van der Waals surface area contributed by atoms with Crippen LogP contribution in [0.15, 0.2) is 22.7 Å². The molecule has 1 fully saturated rings. The van der Waals surface area contributed by atoms with Crippen molar-refractivity contribution in [3.05, 3.63) is 29.7 Å². The quantitative estimate of drug-likeness (QED) is 0.724. The number of aryl methyl sites for hydroxylation is 1. The number of nitrogens with zero attached hydrogens (tertiary/aromatic N) is 2. The maximum absolute atomic E-state index is 10.2. The van der Waals surface area contributed by atoms with Crippen molar-refractivity contribution < 1.29 is 9.52 Å². The van der Waals surface area contributed by atoms with Gasteiger partial charge in [0.05, 0.1) is 12.3 Å². The molecule has 6 heteroatoms. The van der Waals surface area contributed by atoms with Gasteiger partial charge in [-0.1, -0.05) is 6.92 Å². The second-order valence-corrected chi connectivity index (χ2v) is 6.95. The number of aliphatic hydroxyl groups excluding tert-OH is 1. The first-order valence-electron chi connectivity index (χ1n) is 8.82. The summed E-state index contributed by atoms with van der Waals surface area (Å²) in [5.74, 6) is 2.50. The van der Waals surface area contributed by atoms with Gasteiger partial charge in [0.2, 0.25) is 0 Å². The van der Waals surface area contributed by atoms with E-state index in [1.54, 1.807) is 6.20 Å². The summed E-state index contributed by atoms with van der Waals surface area (Å²) in [7, 11) is 0. The van der Waals surface area contributed by atoms with Crippen molar-refractivity contribution in [1.29, 1.82) is 0 Å². The van der Waals surface area contributed by atoms with E-state index in [-0.39, 0.29) is 6.10 Å². The van der Waals surface area contributed by atoms with Crippen LogP contribution in [0.3, 0.4) is 0 Å². The molecule has 3 heterocycles. The Morgan fingerprint density at radius 1 is 1.42 bits per heavy atom. The van der Waals surface area contributed by atoms with Crippen LogP contribution in [0.4, 0.5) is 0 Å². The average molecular weight is 332 g/mol. The van der Waals surface area contributed by atoms with E-state index in [2.05, 4.69) is 27.3 Å². The molecule has 132 valence electrons. The summed E-state index contributed by atoms with van der Waals surface area (Å²) >= 11 is 0. The zero-order chi connectivity index (χ0) is 16.9. The molecule has 1 unspecified atom stereocenters. The van der Waals surface area contributed by atoms with Crippen molar-refractivity contribution in [3.8, 4) is 11.5 Å². The molecule has 1 aliphatic rings. The van der Waals surface area contributed by atoms with E-state index in [0.717, 1.165) is 48.3 Å². The zero-order valence-corrected chi connectivity index (χ0v) is 14.6. The van der Waals surface area contributed by atoms with Crippen LogP contribution in [0, 0.1) is 12.8 Å². The number of H-pyrrole nitrogens is 1. The SMILES string of the molecule is Cc1ccc(-c2[nH]ncc2CNCC(O)CN2CCC(C)CC2)o1. The van der Waals surface area contributed by atoms with Crippen molar-refractivity contribution in [2.45, 2.75) is 39.3 Å². The molecular formula is C18H28N4O2. The number of aromatic nitrogens is 2. The largest absolute Gasteiger partial charge is 0.460 e. The molecule has 1 aliphatic heterocycles. The lowest BCUT2D eigenvalue weighted by molar-refractivity contribution is 0.0907. The van der Waals surface area contributed by atoms with Gasteiger partial charge >= 0.3 is 0 Å². The molecule has 1 atom stereocenters. The van der Waals surface area contributed by atoms with Gasteiger partial charge in [-0.2, -0.15) is 5.10 Å². The topological polar surface area (TPSA) is 77.3 Å². The molecule has 6 nitrogen and oxygen atoms in total. The summed E-state index contributed by atoms with van der Waals surface area (Å²) in [5.41, 5.74) is 1.94. The third-order valence-electron chi connectivity index (χ3n) is 4.75. The van der Waals surface area contributed by atoms with Gasteiger partial charge in [0, 0.05) is 25.2 Å². The first-order valence-corrected chi connectivity index (χ1v) is 8.82. The fourth-order valence-electron chi connectivity index (χ4n) is 3.21. The van der Waals surface area contributed by atoms with Crippen molar-refractivity contribution in [3.63, 3.8) is 0 Å². The fraction of sp³-hybridized carbons (Fsp3) is 0.611. The van der Waals surface area contributed by atoms with Gasteiger partial charge in [0.1, 0.15) is 11.5 Å². The molecule has 0 amide bonds. The molecule has 3 N–H and O–H groups in total. The standard InChI is InChI=1S/C18H28N4O2/c1-13-5-7-22(8-6-13)12-16(23)11-19-9-15-10-20-21-18(15)17-4-3-14(2)24-17/h3-4,10,13,16,19,23H,5-9,11-12H2,1-2H3,(H,20,21). The van der Waals surface area contributed by atoms with Crippen molar-refractivity contribution >= 4 is 0 Å². The van der Waals surface area contributed by atoms with E-state index in [4.69, 9.17) is 4.42 Å². The van der Waals surface area contributed by atoms with Gasteiger partial charge in [0.15, 0.2) is 5.76 Å². The van der Waals surface area contributed by atoms with E-state index < -0.39 is 0 Å². The normalized spacial score (nSPS) is 18.1. The minimum Gasteiger partial charge on any atom is -0.460 e. The Balaban J connectivity index is 1.44. The highest BCUT2D eigenvalue weighted by Gasteiger charge is 2.18. The zero-order valence-electron chi connectivity index (χ0n) is 14.6. The van der Waals surface area contributed by atoms with Crippen molar-refractivity contribution in [2.75, 3.05) is 26.2 Å². The minimum absolute atomic E-state index is 0.348. The van der Waals surface area contributed by atoms with Crippen LogP contribution in [-0.4, -0.2) is 52.5 Å². The van der Waals surface area contributed by atoms with Crippen LogP contribution in [0.1, 0.15) is 31.1 Å². The number of hydrogen-bond acceptors (Lipinski definition) is 5. The van der Waals surface area contributed by atoms with E-state index in [1.165, 1.54) is 12.8 Å². The molecule has 0 spiro atoms. The lowest BCUT2D eigenvalue weighted by Gasteiger charge is -2.31. The first-order chi connectivity index (χ1) is 11.6. The van der Waals surface area contributed by atoms with Crippen molar-refractivity contribution in [2.24, 2.45) is 5.92 Å². The molecule has 0 radical (unpaired) electrons. The van der Waals surface area contributed by atoms with E-state index in [1.807, 2.05) is 19.1 Å². The molecule has 0 aliphatic carbocycles. The molecule has 3 rings (SSSR count). The van der Waals surface area contributed by atoms with Gasteiger partial charge in [-0.05, 0) is 50.9 Å². The third kappa shape index (κ3) is 4.47. The summed E-state index contributed by atoms with van der Waals surface area (Å²) in [4.78, 5) is 2.36. The Hall–Kier alpha value is -1.63. The predicted molar refractivity (Wildman–Crippen MR) is 93.6 cm³/mol. The number of piperidine rings is 1. The number of furan rings is 1. The monoisotopic (exact) mass is 332 g/mol. The number of nitrogens with one attached hydrogen (secondary N) is 2. The second-order valence-electron chi connectivity index (χ2n) is 6.95. The van der Waals surface area contributed by atoms with Crippen LogP contribution in [0.2, 0.25) is 0 Å². The van der Waals surface area contributed by atoms with E-state index >= 15 is 0 Å². The minimum atomic E-state index is -0.348. The third-order valence-corrected chi connectivity index (χ3v) is 4.75. The summed E-state index contributed by atoms with van der Waals surface area (Å²) in [6.07, 6.45) is 3.93. The average Bonchev–Trinajstić information content (AvgIpc) is 3.18. The Morgan fingerprint density at radius 2 is 2.21 bits per heavy atom. The number of rotatable bonds is 7. The Morgan fingerprint density at radius 3 is 2.92 bits per heavy atom. The molecule has 0 saturated carbocycles. The Kier molecular flexibility index (Phi) is 5.71. The van der Waals surface area contributed by atoms with Gasteiger partial charge in [0.25, 0.3) is 0 Å². The smallest absolute Gasteiger partial charge is 0.152 e. The fourth-order valence-corrected chi connectivity index (χ4v) is 3.21. The number of aliphatic hydroxyl groups is 1. The summed E-state index contributed by atoms with van der Waals surface area (Å²) in [5, 5.41) is 20.7. The van der Waals surface area contributed by atoms with Gasteiger partial charge in [-0.15, -0.1) is 0 Å². The Bertz CT molecular complexity index is 629. The van der Waals surface area contributed by atoms with Gasteiger partial charge < -0.3 is 19.7 Å². The first kappa shape index (κ1) is 17.2. The number of aromatic amines is 1. The van der Waals surface area contributed by atoms with Crippen LogP contribution in [0.5, 0.6) is 0 Å². The predicted octanol–water partition coefficient (Wildman–Crippen LogP) is 2.16. The van der Waals surface area contributed by atoms with E-state index in [9.17, 15) is 5.11 Å². The number of likely N-dealkylation sites (tertiary alicyclic amines) is 1. The second kappa shape index (κ2) is 7.96. The highest BCUT2D eigenvalue weighted by Crippen LogP contribution is 2.23. The lowest BCUT2D eigenvalue weighted by atomic mass is 9.99. The molecular weight excluding hydrogens is 304 g/mol.